The van der Waals surface area contributed by atoms with Crippen LogP contribution in [0.25, 0.3) is 16.9 Å². The van der Waals surface area contributed by atoms with Crippen molar-refractivity contribution in [1.29, 1.82) is 0 Å². The molecule has 206 valence electrons. The average Bonchev–Trinajstić information content (AvgIpc) is 3.08. The van der Waals surface area contributed by atoms with Crippen LogP contribution in [0, 0.1) is 5.82 Å². The summed E-state index contributed by atoms with van der Waals surface area (Å²) in [5.74, 6) is -1.27. The fourth-order valence-electron chi connectivity index (χ4n) is 4.81. The lowest BCUT2D eigenvalue weighted by Gasteiger charge is -2.33. The molecule has 0 bridgehead atoms. The van der Waals surface area contributed by atoms with Gasteiger partial charge >= 0.3 is 6.18 Å². The van der Waals surface area contributed by atoms with Crippen LogP contribution in [0.2, 0.25) is 0 Å². The Morgan fingerprint density at radius 2 is 1.85 bits per heavy atom. The lowest BCUT2D eigenvalue weighted by Crippen LogP contribution is -2.38. The van der Waals surface area contributed by atoms with Gasteiger partial charge < -0.3 is 10.6 Å². The van der Waals surface area contributed by atoms with Gasteiger partial charge in [-0.15, -0.1) is 0 Å². The maximum atomic E-state index is 14.6. The lowest BCUT2D eigenvalue weighted by molar-refractivity contribution is -0.144. The van der Waals surface area contributed by atoms with Crippen LogP contribution in [-0.4, -0.2) is 37.0 Å². The third kappa shape index (κ3) is 5.10. The van der Waals surface area contributed by atoms with Crippen molar-refractivity contribution in [2.45, 2.75) is 58.0 Å². The van der Waals surface area contributed by atoms with Gasteiger partial charge in [0.25, 0.3) is 5.56 Å². The van der Waals surface area contributed by atoms with Crippen LogP contribution in [0.5, 0.6) is 0 Å². The number of alkyl halides is 4. The molecule has 0 aliphatic carbocycles. The number of aromatic nitrogens is 5. The summed E-state index contributed by atoms with van der Waals surface area (Å²) in [6.07, 6.45) is -3.67. The number of fused-ring (bicyclic) bond motifs is 2. The Morgan fingerprint density at radius 1 is 1.10 bits per heavy atom. The van der Waals surface area contributed by atoms with Gasteiger partial charge in [0.15, 0.2) is 11.5 Å². The van der Waals surface area contributed by atoms with E-state index in [1.807, 2.05) is 18.2 Å². The quantitative estimate of drug-likeness (QED) is 0.342. The van der Waals surface area contributed by atoms with Gasteiger partial charge in [0.1, 0.15) is 29.1 Å². The molecule has 2 N–H and O–H groups in total. The molecular weight excluding hydrogens is 521 g/mol. The molecule has 1 aliphatic heterocycles. The van der Waals surface area contributed by atoms with Crippen molar-refractivity contribution < 1.29 is 22.0 Å². The Morgan fingerprint density at radius 3 is 2.54 bits per heavy atom. The zero-order chi connectivity index (χ0) is 28.3. The third-order valence-electron chi connectivity index (χ3n) is 6.59. The molecule has 13 heteroatoms. The first-order valence-corrected chi connectivity index (χ1v) is 12.2. The molecular formula is C26H26F5N7O. The van der Waals surface area contributed by atoms with E-state index < -0.39 is 35.5 Å². The maximum Gasteiger partial charge on any atom is 0.408 e. The second kappa shape index (κ2) is 9.11. The monoisotopic (exact) mass is 547 g/mol. The van der Waals surface area contributed by atoms with Crippen molar-refractivity contribution in [2.75, 3.05) is 11.9 Å². The van der Waals surface area contributed by atoms with Gasteiger partial charge in [-0.3, -0.25) is 4.79 Å². The summed E-state index contributed by atoms with van der Waals surface area (Å²) in [6, 6.07) is 7.71. The minimum absolute atomic E-state index is 0.0107. The Balaban J connectivity index is 1.64. The molecule has 5 rings (SSSR count). The predicted molar refractivity (Wildman–Crippen MR) is 136 cm³/mol. The topological polar surface area (TPSA) is 89.7 Å². The lowest BCUT2D eigenvalue weighted by atomic mass is 9.79. The van der Waals surface area contributed by atoms with Crippen molar-refractivity contribution in [3.8, 4) is 5.82 Å². The summed E-state index contributed by atoms with van der Waals surface area (Å²) < 4.78 is 70.6. The van der Waals surface area contributed by atoms with Gasteiger partial charge in [-0.05, 0) is 49.2 Å². The number of pyridine rings is 1. The normalized spacial score (nSPS) is 15.4. The summed E-state index contributed by atoms with van der Waals surface area (Å²) in [4.78, 5) is 25.4. The number of hydrogen-bond donors (Lipinski definition) is 2. The fourth-order valence-corrected chi connectivity index (χ4v) is 4.81. The van der Waals surface area contributed by atoms with Crippen LogP contribution in [-0.2, 0) is 24.2 Å². The van der Waals surface area contributed by atoms with Crippen LogP contribution in [0.3, 0.4) is 0 Å². The van der Waals surface area contributed by atoms with E-state index in [9.17, 15) is 26.7 Å². The highest BCUT2D eigenvalue weighted by Gasteiger charge is 2.33. The van der Waals surface area contributed by atoms with E-state index in [-0.39, 0.29) is 28.2 Å². The van der Waals surface area contributed by atoms with Crippen LogP contribution in [0.15, 0.2) is 41.3 Å². The Bertz CT molecular complexity index is 1630. The largest absolute Gasteiger partial charge is 0.408 e. The third-order valence-corrected chi connectivity index (χ3v) is 6.59. The van der Waals surface area contributed by atoms with Crippen LogP contribution >= 0.6 is 0 Å². The highest BCUT2D eigenvalue weighted by Crippen LogP contribution is 2.32. The molecule has 3 aromatic heterocycles. The van der Waals surface area contributed by atoms with Crippen molar-refractivity contribution in [2.24, 2.45) is 0 Å². The summed E-state index contributed by atoms with van der Waals surface area (Å²) in [5.41, 5.74) is -1.25. The summed E-state index contributed by atoms with van der Waals surface area (Å²) in [6.45, 7) is 6.22. The Hall–Kier alpha value is -3.87. The van der Waals surface area contributed by atoms with Crippen molar-refractivity contribution in [3.05, 3.63) is 69.5 Å². The fraction of sp³-hybridized carbons (Fsp3) is 0.385. The average molecular weight is 548 g/mol. The predicted octanol–water partition coefficient (Wildman–Crippen LogP) is 5.01. The van der Waals surface area contributed by atoms with E-state index in [0.717, 1.165) is 49.0 Å². The number of nitrogens with zero attached hydrogens (tertiary/aromatic N) is 5. The van der Waals surface area contributed by atoms with Gasteiger partial charge in [-0.1, -0.05) is 19.9 Å². The van der Waals surface area contributed by atoms with Crippen LogP contribution in [0.4, 0.5) is 33.6 Å². The van der Waals surface area contributed by atoms with Gasteiger partial charge in [-0.2, -0.15) is 18.2 Å². The number of anilines is 2. The number of benzene rings is 1. The van der Waals surface area contributed by atoms with E-state index in [0.29, 0.717) is 16.9 Å². The molecule has 8 nitrogen and oxygen atoms in total. The smallest absolute Gasteiger partial charge is 0.324 e. The molecule has 4 aromatic rings. The maximum absolute atomic E-state index is 14.6. The zero-order valence-corrected chi connectivity index (χ0v) is 21.6. The second-order valence-corrected chi connectivity index (χ2v) is 10.7. The summed E-state index contributed by atoms with van der Waals surface area (Å²) >= 11 is 0. The molecule has 39 heavy (non-hydrogen) atoms. The summed E-state index contributed by atoms with van der Waals surface area (Å²) in [5, 5.41) is 6.19. The van der Waals surface area contributed by atoms with E-state index in [2.05, 4.69) is 39.4 Å². The second-order valence-electron chi connectivity index (χ2n) is 10.7. The van der Waals surface area contributed by atoms with Crippen LogP contribution < -0.4 is 16.2 Å². The highest BCUT2D eigenvalue weighted by molar-refractivity contribution is 5.77. The van der Waals surface area contributed by atoms with Gasteiger partial charge in [0.2, 0.25) is 5.95 Å². The molecule has 0 saturated heterocycles. The summed E-state index contributed by atoms with van der Waals surface area (Å²) in [7, 11) is 0. The highest BCUT2D eigenvalue weighted by atomic mass is 19.4. The molecule has 0 amide bonds. The molecule has 0 saturated carbocycles. The molecule has 0 spiro atoms. The minimum Gasteiger partial charge on any atom is -0.324 e. The SMILES string of the molecule is CC(C)(F)c1nc(-n2c3nc(Nc4ccc5c(c4)CNCC5(C)C)ncc3c(=O)n2CC(F)(F)F)ccc1F. The Labute approximate surface area is 219 Å². The van der Waals surface area contributed by atoms with E-state index in [1.165, 1.54) is 5.56 Å². The number of nitrogens with one attached hydrogen (secondary N) is 2. The molecule has 0 unspecified atom stereocenters. The molecule has 1 aliphatic rings. The van der Waals surface area contributed by atoms with Crippen molar-refractivity contribution in [3.63, 3.8) is 0 Å². The van der Waals surface area contributed by atoms with E-state index >= 15 is 0 Å². The van der Waals surface area contributed by atoms with Crippen molar-refractivity contribution in [1.82, 2.24) is 29.6 Å². The van der Waals surface area contributed by atoms with E-state index in [4.69, 9.17) is 0 Å². The number of rotatable bonds is 5. The first kappa shape index (κ1) is 26.7. The minimum atomic E-state index is -4.78. The van der Waals surface area contributed by atoms with E-state index in [1.54, 1.807) is 0 Å². The number of halogens is 5. The molecule has 1 aromatic carbocycles. The van der Waals surface area contributed by atoms with Gasteiger partial charge in [0, 0.05) is 30.4 Å². The van der Waals surface area contributed by atoms with Crippen LogP contribution in [0.1, 0.15) is 44.5 Å². The first-order chi connectivity index (χ1) is 18.1. The number of hydrogen-bond acceptors (Lipinski definition) is 6. The van der Waals surface area contributed by atoms with Crippen molar-refractivity contribution >= 4 is 22.7 Å². The first-order valence-electron chi connectivity index (χ1n) is 12.2. The Kier molecular flexibility index (Phi) is 6.24. The van der Waals surface area contributed by atoms with Gasteiger partial charge in [0.05, 0.1) is 0 Å². The molecule has 0 atom stereocenters. The molecule has 0 radical (unpaired) electrons. The van der Waals surface area contributed by atoms with Gasteiger partial charge in [-0.25, -0.2) is 28.1 Å². The molecule has 0 fully saturated rings. The zero-order valence-electron chi connectivity index (χ0n) is 21.6. The molecule has 4 heterocycles. The standard InChI is InChI=1S/C26H26F5N7O/c1-24(2)12-32-10-14-9-15(5-6-17(14)24)34-23-33-11-16-21(36-23)38(37(22(16)39)13-26(29,30)31)19-8-7-18(27)20(35-19)25(3,4)28/h5-9,11,32H,10,12-13H2,1-4H3,(H,33,34,36).